The molecule has 1 fully saturated rings. The van der Waals surface area contributed by atoms with Gasteiger partial charge in [0.05, 0.1) is 17.4 Å². The molecular formula is C29H42N4O7. The molecule has 0 aromatic heterocycles. The van der Waals surface area contributed by atoms with Crippen LogP contribution in [0.5, 0.6) is 0 Å². The molecule has 2 amide bonds. The Morgan fingerprint density at radius 1 is 1.12 bits per heavy atom. The van der Waals surface area contributed by atoms with Crippen molar-refractivity contribution in [3.8, 4) is 0 Å². The summed E-state index contributed by atoms with van der Waals surface area (Å²) in [7, 11) is 5.61. The molecular weight excluding hydrogens is 516 g/mol. The number of likely N-dealkylation sites (N-methyl/N-ethyl adjacent to an activating group) is 1. The van der Waals surface area contributed by atoms with Gasteiger partial charge < -0.3 is 25.2 Å². The number of fused-ring (bicyclic) bond motifs is 1. The lowest BCUT2D eigenvalue weighted by molar-refractivity contribution is -0.149. The van der Waals surface area contributed by atoms with Crippen LogP contribution in [0.15, 0.2) is 24.3 Å². The van der Waals surface area contributed by atoms with Crippen molar-refractivity contribution in [1.82, 2.24) is 15.1 Å². The quantitative estimate of drug-likeness (QED) is 0.290. The summed E-state index contributed by atoms with van der Waals surface area (Å²) in [6.07, 6.45) is 4.54. The number of amides is 2. The van der Waals surface area contributed by atoms with E-state index in [-0.39, 0.29) is 6.42 Å². The number of hydrogen-bond acceptors (Lipinski definition) is 7. The van der Waals surface area contributed by atoms with Crippen LogP contribution in [0.2, 0.25) is 0 Å². The maximum absolute atomic E-state index is 13.9. The van der Waals surface area contributed by atoms with Crippen LogP contribution in [0.3, 0.4) is 0 Å². The number of aldehydes is 1. The third-order valence-corrected chi connectivity index (χ3v) is 8.29. The third-order valence-electron chi connectivity index (χ3n) is 8.29. The summed E-state index contributed by atoms with van der Waals surface area (Å²) in [6, 6.07) is 5.25. The molecule has 220 valence electrons. The largest absolute Gasteiger partial charge is 0.481 e. The highest BCUT2D eigenvalue weighted by Gasteiger charge is 2.48. The summed E-state index contributed by atoms with van der Waals surface area (Å²) < 4.78 is 0. The number of carboxylic acids is 2. The second kappa shape index (κ2) is 13.8. The summed E-state index contributed by atoms with van der Waals surface area (Å²) in [5, 5.41) is 22.5. The molecule has 1 heterocycles. The lowest BCUT2D eigenvalue weighted by atomic mass is 9.74. The highest BCUT2D eigenvalue weighted by Crippen LogP contribution is 2.44. The van der Waals surface area contributed by atoms with Gasteiger partial charge in [0.25, 0.3) is 0 Å². The van der Waals surface area contributed by atoms with Gasteiger partial charge in [0.1, 0.15) is 18.9 Å². The average Bonchev–Trinajstić information content (AvgIpc) is 3.34. The minimum Gasteiger partial charge on any atom is -0.481 e. The molecule has 3 rings (SSSR count). The minimum atomic E-state index is -1.17. The van der Waals surface area contributed by atoms with Gasteiger partial charge in [0.15, 0.2) is 0 Å². The van der Waals surface area contributed by atoms with Crippen LogP contribution >= 0.6 is 0 Å². The second-order valence-electron chi connectivity index (χ2n) is 11.4. The first-order valence-corrected chi connectivity index (χ1v) is 13.9. The van der Waals surface area contributed by atoms with Crippen LogP contribution in [-0.2, 0) is 30.4 Å². The number of carbonyl (C=O) groups excluding carboxylic acids is 3. The van der Waals surface area contributed by atoms with E-state index in [1.807, 2.05) is 31.1 Å². The number of nitrogens with one attached hydrogen (secondary N) is 1. The van der Waals surface area contributed by atoms with E-state index in [1.54, 1.807) is 24.1 Å². The Morgan fingerprint density at radius 3 is 2.40 bits per heavy atom. The van der Waals surface area contributed by atoms with Crippen molar-refractivity contribution in [2.45, 2.75) is 63.5 Å². The number of anilines is 1. The average molecular weight is 559 g/mol. The van der Waals surface area contributed by atoms with Gasteiger partial charge in [0.2, 0.25) is 11.8 Å². The predicted molar refractivity (Wildman–Crippen MR) is 149 cm³/mol. The SMILES string of the molecule is CN(C)CCCN(C)C(C=O)C(CC1(C(=O)NC2CCc3ccccc3N(CC(=O)O)C2=O)CCCC1)C(=O)O. The summed E-state index contributed by atoms with van der Waals surface area (Å²) in [5.41, 5.74) is 0.298. The van der Waals surface area contributed by atoms with Crippen LogP contribution in [0.4, 0.5) is 5.69 Å². The Bertz CT molecular complexity index is 1090. The van der Waals surface area contributed by atoms with Crippen molar-refractivity contribution in [2.24, 2.45) is 11.3 Å². The number of hydrogen-bond donors (Lipinski definition) is 3. The minimum absolute atomic E-state index is 0.0183. The summed E-state index contributed by atoms with van der Waals surface area (Å²) in [6.45, 7) is 0.787. The number of para-hydroxylation sites is 1. The molecule has 2 aliphatic rings. The van der Waals surface area contributed by atoms with E-state index in [1.165, 1.54) is 4.90 Å². The molecule has 0 radical (unpaired) electrons. The first-order valence-electron chi connectivity index (χ1n) is 13.9. The van der Waals surface area contributed by atoms with E-state index in [4.69, 9.17) is 0 Å². The van der Waals surface area contributed by atoms with Gasteiger partial charge in [-0.2, -0.15) is 0 Å². The zero-order valence-electron chi connectivity index (χ0n) is 23.7. The molecule has 3 N–H and O–H groups in total. The maximum atomic E-state index is 13.9. The number of aryl methyl sites for hydroxylation is 1. The zero-order valence-corrected chi connectivity index (χ0v) is 23.7. The number of benzene rings is 1. The molecule has 0 bridgehead atoms. The van der Waals surface area contributed by atoms with Crippen molar-refractivity contribution in [3.05, 3.63) is 29.8 Å². The Morgan fingerprint density at radius 2 is 1.80 bits per heavy atom. The van der Waals surface area contributed by atoms with E-state index in [2.05, 4.69) is 5.32 Å². The topological polar surface area (TPSA) is 148 Å². The zero-order chi connectivity index (χ0) is 29.4. The third kappa shape index (κ3) is 7.45. The van der Waals surface area contributed by atoms with Gasteiger partial charge >= 0.3 is 11.9 Å². The highest BCUT2D eigenvalue weighted by molar-refractivity contribution is 6.03. The Hall–Kier alpha value is -3.31. The first kappa shape index (κ1) is 31.2. The van der Waals surface area contributed by atoms with Crippen molar-refractivity contribution in [3.63, 3.8) is 0 Å². The van der Waals surface area contributed by atoms with Gasteiger partial charge in [-0.05, 0) is 84.4 Å². The fraction of sp³-hybridized carbons (Fsp3) is 0.621. The van der Waals surface area contributed by atoms with E-state index in [0.717, 1.165) is 31.4 Å². The fourth-order valence-electron chi connectivity index (χ4n) is 6.10. The molecule has 3 unspecified atom stereocenters. The van der Waals surface area contributed by atoms with Crippen LogP contribution in [0.25, 0.3) is 0 Å². The van der Waals surface area contributed by atoms with Crippen molar-refractivity contribution < 1.29 is 34.2 Å². The summed E-state index contributed by atoms with van der Waals surface area (Å²) >= 11 is 0. The predicted octanol–water partition coefficient (Wildman–Crippen LogP) is 1.64. The van der Waals surface area contributed by atoms with Gasteiger partial charge in [-0.1, -0.05) is 31.0 Å². The molecule has 40 heavy (non-hydrogen) atoms. The molecule has 0 spiro atoms. The monoisotopic (exact) mass is 558 g/mol. The molecule has 0 saturated heterocycles. The molecule has 11 heteroatoms. The van der Waals surface area contributed by atoms with Gasteiger partial charge in [-0.25, -0.2) is 0 Å². The van der Waals surface area contributed by atoms with E-state index in [9.17, 15) is 34.2 Å². The molecule has 1 aliphatic carbocycles. The van der Waals surface area contributed by atoms with Crippen molar-refractivity contribution in [2.75, 3.05) is 45.7 Å². The number of aliphatic carboxylic acids is 2. The van der Waals surface area contributed by atoms with E-state index >= 15 is 0 Å². The second-order valence-corrected chi connectivity index (χ2v) is 11.4. The van der Waals surface area contributed by atoms with Gasteiger partial charge in [-0.15, -0.1) is 0 Å². The molecule has 1 aromatic rings. The summed E-state index contributed by atoms with van der Waals surface area (Å²) in [5.74, 6) is -4.31. The van der Waals surface area contributed by atoms with Gasteiger partial charge in [-0.3, -0.25) is 29.0 Å². The number of carbonyl (C=O) groups is 5. The van der Waals surface area contributed by atoms with Crippen LogP contribution in [-0.4, -0.2) is 103 Å². The van der Waals surface area contributed by atoms with Crippen molar-refractivity contribution >= 4 is 35.7 Å². The van der Waals surface area contributed by atoms with Crippen LogP contribution < -0.4 is 10.2 Å². The van der Waals surface area contributed by atoms with E-state index < -0.39 is 53.7 Å². The lowest BCUT2D eigenvalue weighted by Crippen LogP contribution is -2.54. The molecule has 1 aliphatic heterocycles. The fourth-order valence-corrected chi connectivity index (χ4v) is 6.10. The first-order chi connectivity index (χ1) is 19.0. The highest BCUT2D eigenvalue weighted by atomic mass is 16.4. The normalized spacial score (nSPS) is 20.1. The Labute approximate surface area is 235 Å². The maximum Gasteiger partial charge on any atom is 0.323 e. The smallest absolute Gasteiger partial charge is 0.323 e. The molecule has 11 nitrogen and oxygen atoms in total. The summed E-state index contributed by atoms with van der Waals surface area (Å²) in [4.78, 5) is 68.5. The lowest BCUT2D eigenvalue weighted by Gasteiger charge is -2.36. The standard InChI is InChI=1S/C29H42N4O7/c1-31(2)15-8-16-32(3)24(19-34)21(27(38)39)17-29(13-6-7-14-29)28(40)30-22-12-11-20-9-4-5-10-23(20)33(26(22)37)18-25(35)36/h4-5,9-10,19,21-22,24H,6-8,11-18H2,1-3H3,(H,30,40)(H,35,36)(H,38,39). The van der Waals surface area contributed by atoms with Gasteiger partial charge in [0, 0.05) is 5.69 Å². The van der Waals surface area contributed by atoms with Crippen LogP contribution in [0, 0.1) is 11.3 Å². The molecule has 3 atom stereocenters. The molecule has 1 saturated carbocycles. The number of carboxylic acid groups (broad SMARTS) is 2. The van der Waals surface area contributed by atoms with E-state index in [0.29, 0.717) is 44.2 Å². The molecule has 1 aromatic carbocycles. The number of nitrogens with zero attached hydrogens (tertiary/aromatic N) is 3. The Balaban J connectivity index is 1.82. The Kier molecular flexibility index (Phi) is 10.8. The van der Waals surface area contributed by atoms with Crippen molar-refractivity contribution in [1.29, 1.82) is 0 Å². The van der Waals surface area contributed by atoms with Crippen LogP contribution in [0.1, 0.15) is 50.5 Å². The number of rotatable bonds is 14.